The van der Waals surface area contributed by atoms with Gasteiger partial charge in [0.05, 0.1) is 6.10 Å². The van der Waals surface area contributed by atoms with Crippen LogP contribution in [-0.2, 0) is 4.74 Å². The van der Waals surface area contributed by atoms with Gasteiger partial charge in [0.1, 0.15) is 0 Å². The van der Waals surface area contributed by atoms with E-state index >= 15 is 0 Å². The second-order valence-electron chi connectivity index (χ2n) is 4.36. The Balaban J connectivity index is 1.66. The molecular formula is C10H15N3O2S. The van der Waals surface area contributed by atoms with Crippen LogP contribution in [0.2, 0.25) is 0 Å². The number of nitrogens with zero attached hydrogens (tertiary/aromatic N) is 2. The highest BCUT2D eigenvalue weighted by Crippen LogP contribution is 2.36. The van der Waals surface area contributed by atoms with Crippen LogP contribution in [0.5, 0.6) is 0 Å². The molecule has 1 aromatic heterocycles. The van der Waals surface area contributed by atoms with Gasteiger partial charge >= 0.3 is 5.69 Å². The minimum Gasteiger partial charge on any atom is -0.377 e. The topological polar surface area (TPSA) is 59.9 Å². The van der Waals surface area contributed by atoms with Gasteiger partial charge in [-0.3, -0.25) is 4.57 Å². The summed E-state index contributed by atoms with van der Waals surface area (Å²) in [6.45, 7) is 0.876. The summed E-state index contributed by atoms with van der Waals surface area (Å²) in [5.74, 6) is 0.900. The van der Waals surface area contributed by atoms with Crippen molar-refractivity contribution in [3.63, 3.8) is 0 Å². The molecule has 3 rings (SSSR count). The fraction of sp³-hybridized carbons (Fsp3) is 0.800. The van der Waals surface area contributed by atoms with Gasteiger partial charge in [-0.15, -0.1) is 5.10 Å². The molecule has 88 valence electrons. The predicted octanol–water partition coefficient (Wildman–Crippen LogP) is 1.18. The molecule has 2 fully saturated rings. The van der Waals surface area contributed by atoms with Crippen LogP contribution >= 0.6 is 11.8 Å². The molecule has 2 heterocycles. The van der Waals surface area contributed by atoms with Crippen LogP contribution in [0.1, 0.15) is 31.7 Å². The lowest BCUT2D eigenvalue weighted by Gasteiger charge is -2.08. The second-order valence-corrected chi connectivity index (χ2v) is 5.35. The zero-order valence-electron chi connectivity index (χ0n) is 9.02. The molecule has 0 bridgehead atoms. The fourth-order valence-electron chi connectivity index (χ4n) is 1.99. The quantitative estimate of drug-likeness (QED) is 0.804. The van der Waals surface area contributed by atoms with Gasteiger partial charge in [0.15, 0.2) is 5.16 Å². The lowest BCUT2D eigenvalue weighted by molar-refractivity contribution is 0.129. The average Bonchev–Trinajstić information content (AvgIpc) is 2.85. The van der Waals surface area contributed by atoms with Crippen molar-refractivity contribution in [1.29, 1.82) is 0 Å². The number of aromatic nitrogens is 3. The average molecular weight is 241 g/mol. The number of hydrogen-bond donors (Lipinski definition) is 1. The van der Waals surface area contributed by atoms with E-state index in [-0.39, 0.29) is 5.69 Å². The minimum atomic E-state index is -0.0719. The molecule has 1 atom stereocenters. The van der Waals surface area contributed by atoms with Gasteiger partial charge in [-0.25, -0.2) is 9.89 Å². The molecule has 2 aliphatic rings. The van der Waals surface area contributed by atoms with Gasteiger partial charge in [0.25, 0.3) is 0 Å². The lowest BCUT2D eigenvalue weighted by atomic mass is 10.3. The SMILES string of the molecule is O=c1[nH]nc(SC[C@H]2CCCO2)n1C1CC1. The Kier molecular flexibility index (Phi) is 2.77. The maximum absolute atomic E-state index is 11.5. The zero-order valence-corrected chi connectivity index (χ0v) is 9.83. The van der Waals surface area contributed by atoms with E-state index in [1.54, 1.807) is 16.3 Å². The third-order valence-corrected chi connectivity index (χ3v) is 4.09. The van der Waals surface area contributed by atoms with Crippen molar-refractivity contribution in [2.45, 2.75) is 43.0 Å². The molecule has 0 spiro atoms. The molecule has 0 unspecified atom stereocenters. The summed E-state index contributed by atoms with van der Waals surface area (Å²) in [5, 5.41) is 7.42. The standard InChI is InChI=1S/C10H15N3O2S/c14-9-11-12-10(13(9)7-3-4-7)16-6-8-2-1-5-15-8/h7-8H,1-6H2,(H,11,14)/t8-/m1/s1. The Bertz CT molecular complexity index is 418. The molecule has 1 aliphatic heterocycles. The third-order valence-electron chi connectivity index (χ3n) is 3.01. The van der Waals surface area contributed by atoms with Crippen LogP contribution in [0.25, 0.3) is 0 Å². The van der Waals surface area contributed by atoms with Gasteiger partial charge < -0.3 is 4.74 Å². The van der Waals surface area contributed by atoms with Crippen molar-refractivity contribution in [2.75, 3.05) is 12.4 Å². The van der Waals surface area contributed by atoms with E-state index in [1.165, 1.54) is 0 Å². The molecule has 1 saturated carbocycles. The van der Waals surface area contributed by atoms with E-state index in [9.17, 15) is 4.79 Å². The highest BCUT2D eigenvalue weighted by Gasteiger charge is 2.29. The Hall–Kier alpha value is -0.750. The predicted molar refractivity (Wildman–Crippen MR) is 60.8 cm³/mol. The number of thioether (sulfide) groups is 1. The molecule has 0 aromatic carbocycles. The van der Waals surface area contributed by atoms with E-state index in [0.717, 1.165) is 43.2 Å². The van der Waals surface area contributed by atoms with Crippen molar-refractivity contribution < 1.29 is 4.74 Å². The summed E-state index contributed by atoms with van der Waals surface area (Å²) >= 11 is 1.63. The first kappa shape index (κ1) is 10.4. The number of H-pyrrole nitrogens is 1. The van der Waals surface area contributed by atoms with Crippen LogP contribution in [0.4, 0.5) is 0 Å². The number of rotatable bonds is 4. The molecule has 5 nitrogen and oxygen atoms in total. The largest absolute Gasteiger partial charge is 0.377 e. The summed E-state index contributed by atoms with van der Waals surface area (Å²) in [4.78, 5) is 11.5. The number of aromatic amines is 1. The minimum absolute atomic E-state index is 0.0719. The van der Waals surface area contributed by atoms with Gasteiger partial charge in [-0.05, 0) is 25.7 Å². The summed E-state index contributed by atoms with van der Waals surface area (Å²) < 4.78 is 7.34. The maximum Gasteiger partial charge on any atom is 0.344 e. The fourth-order valence-corrected chi connectivity index (χ4v) is 3.07. The third kappa shape index (κ3) is 2.04. The van der Waals surface area contributed by atoms with E-state index < -0.39 is 0 Å². The van der Waals surface area contributed by atoms with Crippen molar-refractivity contribution in [3.8, 4) is 0 Å². The summed E-state index contributed by atoms with van der Waals surface area (Å²) in [6.07, 6.45) is 4.83. The zero-order chi connectivity index (χ0) is 11.0. The number of ether oxygens (including phenoxy) is 1. The highest BCUT2D eigenvalue weighted by molar-refractivity contribution is 7.99. The first-order valence-electron chi connectivity index (χ1n) is 5.76. The van der Waals surface area contributed by atoms with E-state index in [1.807, 2.05) is 0 Å². The molecule has 16 heavy (non-hydrogen) atoms. The Labute approximate surface area is 97.6 Å². The van der Waals surface area contributed by atoms with Crippen molar-refractivity contribution in [1.82, 2.24) is 14.8 Å². The van der Waals surface area contributed by atoms with Crippen LogP contribution in [0.15, 0.2) is 9.95 Å². The molecule has 0 amide bonds. The summed E-state index contributed by atoms with van der Waals surface area (Å²) in [5.41, 5.74) is -0.0719. The Morgan fingerprint density at radius 1 is 1.50 bits per heavy atom. The van der Waals surface area contributed by atoms with Crippen LogP contribution < -0.4 is 5.69 Å². The highest BCUT2D eigenvalue weighted by atomic mass is 32.2. The van der Waals surface area contributed by atoms with E-state index in [0.29, 0.717) is 12.1 Å². The number of nitrogens with one attached hydrogen (secondary N) is 1. The van der Waals surface area contributed by atoms with Crippen molar-refractivity contribution >= 4 is 11.8 Å². The molecule has 0 radical (unpaired) electrons. The van der Waals surface area contributed by atoms with E-state index in [2.05, 4.69) is 10.2 Å². The Morgan fingerprint density at radius 3 is 3.06 bits per heavy atom. The molecule has 1 N–H and O–H groups in total. The van der Waals surface area contributed by atoms with Gasteiger partial charge in [-0.1, -0.05) is 11.8 Å². The van der Waals surface area contributed by atoms with E-state index in [4.69, 9.17) is 4.74 Å². The molecule has 1 aromatic rings. The van der Waals surface area contributed by atoms with Gasteiger partial charge in [0, 0.05) is 18.4 Å². The summed E-state index contributed by atoms with van der Waals surface area (Å²) in [7, 11) is 0. The maximum atomic E-state index is 11.5. The second kappa shape index (κ2) is 4.25. The number of hydrogen-bond acceptors (Lipinski definition) is 4. The Morgan fingerprint density at radius 2 is 2.38 bits per heavy atom. The molecule has 6 heteroatoms. The first-order chi connectivity index (χ1) is 7.84. The molecular weight excluding hydrogens is 226 g/mol. The molecule has 1 saturated heterocycles. The van der Waals surface area contributed by atoms with Gasteiger partial charge in [0.2, 0.25) is 0 Å². The van der Waals surface area contributed by atoms with Crippen molar-refractivity contribution in [3.05, 3.63) is 10.5 Å². The van der Waals surface area contributed by atoms with Crippen LogP contribution in [-0.4, -0.2) is 33.2 Å². The first-order valence-corrected chi connectivity index (χ1v) is 6.74. The van der Waals surface area contributed by atoms with Crippen molar-refractivity contribution in [2.24, 2.45) is 0 Å². The van der Waals surface area contributed by atoms with Crippen LogP contribution in [0, 0.1) is 0 Å². The smallest absolute Gasteiger partial charge is 0.344 e. The summed E-state index contributed by atoms with van der Waals surface area (Å²) in [6, 6.07) is 0.387. The lowest BCUT2D eigenvalue weighted by Crippen LogP contribution is -2.16. The van der Waals surface area contributed by atoms with Gasteiger partial charge in [-0.2, -0.15) is 0 Å². The monoisotopic (exact) mass is 241 g/mol. The molecule has 1 aliphatic carbocycles. The van der Waals surface area contributed by atoms with Crippen LogP contribution in [0.3, 0.4) is 0 Å². The normalized spacial score (nSPS) is 25.1.